The SMILES string of the molecule is COc1ccc(NC(=O)C(=O)N/N=C/c2ccccc2OC(=O)c2ccccc2OC)c(OC)c1. The number of carbonyl (C=O) groups excluding carboxylic acids is 3. The molecule has 0 radical (unpaired) electrons. The summed E-state index contributed by atoms with van der Waals surface area (Å²) in [6.07, 6.45) is 1.25. The maximum absolute atomic E-state index is 12.6. The van der Waals surface area contributed by atoms with Gasteiger partial charge < -0.3 is 24.3 Å². The van der Waals surface area contributed by atoms with Crippen molar-refractivity contribution < 1.29 is 33.3 Å². The van der Waals surface area contributed by atoms with Crippen molar-refractivity contribution in [1.29, 1.82) is 0 Å². The summed E-state index contributed by atoms with van der Waals surface area (Å²) in [6, 6.07) is 17.9. The number of nitrogens with zero attached hydrogens (tertiary/aromatic N) is 1. The molecule has 0 spiro atoms. The lowest BCUT2D eigenvalue weighted by Crippen LogP contribution is -2.32. The smallest absolute Gasteiger partial charge is 0.347 e. The van der Waals surface area contributed by atoms with Gasteiger partial charge in [-0.2, -0.15) is 5.10 Å². The Kier molecular flexibility index (Phi) is 8.38. The van der Waals surface area contributed by atoms with Crippen molar-refractivity contribution in [2.75, 3.05) is 26.6 Å². The zero-order valence-electron chi connectivity index (χ0n) is 19.2. The second kappa shape index (κ2) is 11.8. The molecular formula is C25H23N3O7. The number of amides is 2. The number of benzene rings is 3. The number of nitrogens with one attached hydrogen (secondary N) is 2. The third-order valence-electron chi connectivity index (χ3n) is 4.68. The first-order valence-electron chi connectivity index (χ1n) is 10.3. The zero-order chi connectivity index (χ0) is 25.2. The fourth-order valence-electron chi connectivity index (χ4n) is 2.94. The highest BCUT2D eigenvalue weighted by molar-refractivity contribution is 6.39. The van der Waals surface area contributed by atoms with Crippen molar-refractivity contribution in [2.24, 2.45) is 5.10 Å². The van der Waals surface area contributed by atoms with E-state index in [2.05, 4.69) is 15.8 Å². The zero-order valence-corrected chi connectivity index (χ0v) is 19.2. The molecule has 0 bridgehead atoms. The van der Waals surface area contributed by atoms with Crippen LogP contribution in [0.25, 0.3) is 0 Å². The van der Waals surface area contributed by atoms with Gasteiger partial charge in [-0.05, 0) is 36.4 Å². The van der Waals surface area contributed by atoms with E-state index in [0.717, 1.165) is 0 Å². The van der Waals surface area contributed by atoms with E-state index in [1.54, 1.807) is 66.7 Å². The Labute approximate surface area is 201 Å². The van der Waals surface area contributed by atoms with Gasteiger partial charge in [-0.15, -0.1) is 0 Å². The number of anilines is 1. The molecule has 35 heavy (non-hydrogen) atoms. The largest absolute Gasteiger partial charge is 0.497 e. The molecule has 180 valence electrons. The van der Waals surface area contributed by atoms with Crippen LogP contribution in [-0.4, -0.2) is 45.3 Å². The van der Waals surface area contributed by atoms with Gasteiger partial charge in [0.1, 0.15) is 28.6 Å². The molecule has 3 rings (SSSR count). The maximum atomic E-state index is 12.6. The number of ether oxygens (including phenoxy) is 4. The summed E-state index contributed by atoms with van der Waals surface area (Å²) < 4.78 is 21.0. The van der Waals surface area contributed by atoms with Crippen LogP contribution < -0.4 is 29.7 Å². The van der Waals surface area contributed by atoms with Gasteiger partial charge in [0.2, 0.25) is 0 Å². The molecule has 0 fully saturated rings. The minimum absolute atomic E-state index is 0.203. The van der Waals surface area contributed by atoms with Crippen molar-refractivity contribution in [3.05, 3.63) is 77.9 Å². The first kappa shape index (κ1) is 24.8. The molecule has 10 heteroatoms. The van der Waals surface area contributed by atoms with E-state index in [0.29, 0.717) is 22.8 Å². The third-order valence-corrected chi connectivity index (χ3v) is 4.68. The lowest BCUT2D eigenvalue weighted by Gasteiger charge is -2.11. The van der Waals surface area contributed by atoms with E-state index in [4.69, 9.17) is 18.9 Å². The van der Waals surface area contributed by atoms with Gasteiger partial charge in [-0.1, -0.05) is 24.3 Å². The highest BCUT2D eigenvalue weighted by atomic mass is 16.5. The lowest BCUT2D eigenvalue weighted by atomic mass is 10.2. The fraction of sp³-hybridized carbons (Fsp3) is 0.120. The van der Waals surface area contributed by atoms with E-state index in [9.17, 15) is 14.4 Å². The Morgan fingerprint density at radius 1 is 0.771 bits per heavy atom. The minimum atomic E-state index is -1.01. The molecule has 0 heterocycles. The quantitative estimate of drug-likeness (QED) is 0.168. The van der Waals surface area contributed by atoms with Gasteiger partial charge in [0, 0.05) is 11.6 Å². The van der Waals surface area contributed by atoms with Crippen LogP contribution >= 0.6 is 0 Å². The van der Waals surface area contributed by atoms with Crippen LogP contribution in [0.2, 0.25) is 0 Å². The van der Waals surface area contributed by atoms with Gasteiger partial charge in [-0.3, -0.25) is 9.59 Å². The highest BCUT2D eigenvalue weighted by Gasteiger charge is 2.17. The number of esters is 1. The Hall–Kier alpha value is -4.86. The van der Waals surface area contributed by atoms with Crippen molar-refractivity contribution >= 4 is 29.7 Å². The predicted molar refractivity (Wildman–Crippen MR) is 128 cm³/mol. The number of hydrogen-bond donors (Lipinski definition) is 2. The van der Waals surface area contributed by atoms with E-state index < -0.39 is 17.8 Å². The van der Waals surface area contributed by atoms with Crippen LogP contribution in [0.5, 0.6) is 23.0 Å². The number of hydrazone groups is 1. The van der Waals surface area contributed by atoms with E-state index in [-0.39, 0.29) is 17.0 Å². The van der Waals surface area contributed by atoms with Gasteiger partial charge in [0.05, 0.1) is 33.2 Å². The lowest BCUT2D eigenvalue weighted by molar-refractivity contribution is -0.136. The van der Waals surface area contributed by atoms with Crippen molar-refractivity contribution in [3.8, 4) is 23.0 Å². The molecular weight excluding hydrogens is 454 g/mol. The summed E-state index contributed by atoms with van der Waals surface area (Å²) in [5, 5.41) is 6.24. The monoisotopic (exact) mass is 477 g/mol. The molecule has 0 atom stereocenters. The molecule has 10 nitrogen and oxygen atoms in total. The van der Waals surface area contributed by atoms with Gasteiger partial charge >= 0.3 is 17.8 Å². The molecule has 3 aromatic carbocycles. The van der Waals surface area contributed by atoms with Crippen molar-refractivity contribution in [2.45, 2.75) is 0 Å². The van der Waals surface area contributed by atoms with Crippen LogP contribution in [-0.2, 0) is 9.59 Å². The molecule has 2 amide bonds. The molecule has 0 aliphatic rings. The molecule has 3 aromatic rings. The topological polar surface area (TPSA) is 125 Å². The number of para-hydroxylation sites is 2. The molecule has 2 N–H and O–H groups in total. The van der Waals surface area contributed by atoms with Gasteiger partial charge in [-0.25, -0.2) is 10.2 Å². The fourth-order valence-corrected chi connectivity index (χ4v) is 2.94. The second-order valence-corrected chi connectivity index (χ2v) is 6.85. The number of hydrogen-bond acceptors (Lipinski definition) is 8. The van der Waals surface area contributed by atoms with Crippen LogP contribution in [0.3, 0.4) is 0 Å². The predicted octanol–water partition coefficient (Wildman–Crippen LogP) is 3.02. The Balaban J connectivity index is 1.65. The van der Waals surface area contributed by atoms with Crippen LogP contribution in [0, 0.1) is 0 Å². The normalized spacial score (nSPS) is 10.4. The summed E-state index contributed by atoms with van der Waals surface area (Å²) in [7, 11) is 4.37. The Bertz CT molecular complexity index is 1260. The Morgan fingerprint density at radius 2 is 1.46 bits per heavy atom. The maximum Gasteiger partial charge on any atom is 0.347 e. The van der Waals surface area contributed by atoms with E-state index in [1.807, 2.05) is 0 Å². The molecule has 0 aromatic heterocycles. The van der Waals surface area contributed by atoms with Crippen LogP contribution in [0.15, 0.2) is 71.8 Å². The molecule has 0 saturated heterocycles. The third kappa shape index (κ3) is 6.35. The van der Waals surface area contributed by atoms with Crippen molar-refractivity contribution in [3.63, 3.8) is 0 Å². The first-order chi connectivity index (χ1) is 17.0. The standard InChI is InChI=1S/C25H23N3O7/c1-32-17-12-13-19(22(14-17)34-3)27-23(29)24(30)28-26-15-16-8-4-6-10-20(16)35-25(31)18-9-5-7-11-21(18)33-2/h4-15H,1-3H3,(H,27,29)(H,28,30)/b26-15+. The summed E-state index contributed by atoms with van der Waals surface area (Å²) >= 11 is 0. The molecule has 0 unspecified atom stereocenters. The average Bonchev–Trinajstić information content (AvgIpc) is 2.89. The number of rotatable bonds is 8. The van der Waals surface area contributed by atoms with Crippen LogP contribution in [0.4, 0.5) is 5.69 Å². The van der Waals surface area contributed by atoms with E-state index in [1.165, 1.54) is 27.5 Å². The molecule has 0 aliphatic carbocycles. The summed E-state index contributed by atoms with van der Waals surface area (Å²) in [5.41, 5.74) is 3.06. The summed E-state index contributed by atoms with van der Waals surface area (Å²) in [4.78, 5) is 37.0. The van der Waals surface area contributed by atoms with Crippen LogP contribution in [0.1, 0.15) is 15.9 Å². The number of methoxy groups -OCH3 is 3. The molecule has 0 saturated carbocycles. The summed E-state index contributed by atoms with van der Waals surface area (Å²) in [6.45, 7) is 0. The minimum Gasteiger partial charge on any atom is -0.497 e. The number of carbonyl (C=O) groups is 3. The van der Waals surface area contributed by atoms with Crippen molar-refractivity contribution in [1.82, 2.24) is 5.43 Å². The van der Waals surface area contributed by atoms with E-state index >= 15 is 0 Å². The Morgan fingerprint density at radius 3 is 2.17 bits per heavy atom. The summed E-state index contributed by atoms with van der Waals surface area (Å²) in [5.74, 6) is -1.17. The van der Waals surface area contributed by atoms with Gasteiger partial charge in [0.15, 0.2) is 0 Å². The average molecular weight is 477 g/mol. The molecule has 0 aliphatic heterocycles. The van der Waals surface area contributed by atoms with Gasteiger partial charge in [0.25, 0.3) is 0 Å². The highest BCUT2D eigenvalue weighted by Crippen LogP contribution is 2.29. The first-order valence-corrected chi connectivity index (χ1v) is 10.3. The second-order valence-electron chi connectivity index (χ2n) is 6.85.